The van der Waals surface area contributed by atoms with E-state index in [1.165, 1.54) is 37.6 Å². The predicted octanol–water partition coefficient (Wildman–Crippen LogP) is 0.643. The van der Waals surface area contributed by atoms with Crippen LogP contribution in [0.15, 0.2) is 91.0 Å². The minimum atomic E-state index is 0. The second-order valence-corrected chi connectivity index (χ2v) is 8.86. The minimum absolute atomic E-state index is 0. The standard InChI is InChI=1S/C13H9.C11H12P.2ClH.Hf/c1-3-7-12-10(5-1)9-11-6-2-4-8-13(11)12;1-12(2)11-7-9-5-3-4-6-10(9)8-11;;;/h1-9H;3-8H,1-2H3;2*1H;/q2*-1;;;+4/p-2. The van der Waals surface area contributed by atoms with Crippen molar-refractivity contribution in [3.05, 3.63) is 91.0 Å². The maximum Gasteiger partial charge on any atom is 4.00 e. The van der Waals surface area contributed by atoms with Gasteiger partial charge >= 0.3 is 25.8 Å². The first-order valence-corrected chi connectivity index (χ1v) is 10.8. The molecule has 0 aliphatic carbocycles. The third-order valence-electron chi connectivity index (χ3n) is 4.64. The Hall–Kier alpha value is -0.980. The van der Waals surface area contributed by atoms with Crippen LogP contribution in [0, 0.1) is 0 Å². The molecule has 5 aromatic carbocycles. The van der Waals surface area contributed by atoms with Crippen LogP contribution < -0.4 is 30.1 Å². The number of fused-ring (bicyclic) bond motifs is 4. The first-order chi connectivity index (χ1) is 12.2. The molecule has 0 heterocycles. The molecule has 4 heteroatoms. The van der Waals surface area contributed by atoms with Crippen LogP contribution in [-0.2, 0) is 25.8 Å². The van der Waals surface area contributed by atoms with Crippen LogP contribution in [0.3, 0.4) is 0 Å². The third kappa shape index (κ3) is 5.33. The maximum atomic E-state index is 2.31. The summed E-state index contributed by atoms with van der Waals surface area (Å²) in [6, 6.07) is 32.4. The zero-order valence-electron chi connectivity index (χ0n) is 15.9. The van der Waals surface area contributed by atoms with Crippen molar-refractivity contribution in [3.63, 3.8) is 0 Å². The van der Waals surface area contributed by atoms with Gasteiger partial charge in [-0.25, -0.2) is 0 Å². The average molecular weight is 590 g/mol. The molecule has 0 saturated carbocycles. The molecule has 0 aromatic heterocycles. The van der Waals surface area contributed by atoms with Crippen LogP contribution in [0.4, 0.5) is 0 Å². The van der Waals surface area contributed by atoms with Crippen LogP contribution in [0.1, 0.15) is 0 Å². The van der Waals surface area contributed by atoms with E-state index in [1.54, 1.807) is 0 Å². The molecule has 5 aromatic rings. The van der Waals surface area contributed by atoms with E-state index in [0.29, 0.717) is 0 Å². The van der Waals surface area contributed by atoms with E-state index in [4.69, 9.17) is 0 Å². The van der Waals surface area contributed by atoms with Crippen LogP contribution in [0.5, 0.6) is 0 Å². The summed E-state index contributed by atoms with van der Waals surface area (Å²) in [5.74, 6) is 0. The zero-order valence-corrected chi connectivity index (χ0v) is 21.9. The van der Waals surface area contributed by atoms with Gasteiger partial charge in [-0.2, -0.15) is 6.07 Å². The zero-order chi connectivity index (χ0) is 17.2. The van der Waals surface area contributed by atoms with E-state index in [-0.39, 0.29) is 58.6 Å². The fourth-order valence-electron chi connectivity index (χ4n) is 3.30. The van der Waals surface area contributed by atoms with Gasteiger partial charge < -0.3 is 24.8 Å². The molecular formula is C24H21Cl2HfP. The van der Waals surface area contributed by atoms with Gasteiger partial charge in [0.2, 0.25) is 0 Å². The number of halogens is 2. The van der Waals surface area contributed by atoms with Gasteiger partial charge in [-0.3, -0.25) is 0 Å². The third-order valence-corrected chi connectivity index (χ3v) is 5.93. The van der Waals surface area contributed by atoms with Gasteiger partial charge in [0.05, 0.1) is 0 Å². The summed E-state index contributed by atoms with van der Waals surface area (Å²) < 4.78 is 0. The maximum absolute atomic E-state index is 2.31. The van der Waals surface area contributed by atoms with Gasteiger partial charge in [0.1, 0.15) is 0 Å². The summed E-state index contributed by atoms with van der Waals surface area (Å²) in [6.45, 7) is 4.59. The van der Waals surface area contributed by atoms with Gasteiger partial charge in [0.15, 0.2) is 0 Å². The molecule has 0 fully saturated rings. The summed E-state index contributed by atoms with van der Waals surface area (Å²) >= 11 is 0. The van der Waals surface area contributed by atoms with Gasteiger partial charge in [0, 0.05) is 0 Å². The minimum Gasteiger partial charge on any atom is -1.00 e. The monoisotopic (exact) mass is 590 g/mol. The van der Waals surface area contributed by atoms with Crippen molar-refractivity contribution in [2.24, 2.45) is 0 Å². The molecule has 0 aliphatic heterocycles. The molecule has 28 heavy (non-hydrogen) atoms. The molecule has 0 nitrogen and oxygen atoms in total. The van der Waals surface area contributed by atoms with Gasteiger partial charge in [-0.05, 0) is 13.3 Å². The van der Waals surface area contributed by atoms with E-state index >= 15 is 0 Å². The van der Waals surface area contributed by atoms with Crippen molar-refractivity contribution < 1.29 is 50.7 Å². The summed E-state index contributed by atoms with van der Waals surface area (Å²) in [6.07, 6.45) is 0. The topological polar surface area (TPSA) is 0 Å². The fraction of sp³-hybridized carbons (Fsp3) is 0.0833. The Kier molecular flexibility index (Phi) is 10.1. The second kappa shape index (κ2) is 11.3. The molecule has 0 amide bonds. The SMILES string of the molecule is CP(C)c1cc2ccccc2[cH-]1.[Cl-].[Cl-].[Hf+4].c1ccc2c(c1)[cH-]c1ccccc12. The summed E-state index contributed by atoms with van der Waals surface area (Å²) in [7, 11) is 0.0576. The quantitative estimate of drug-likeness (QED) is 0.153. The van der Waals surface area contributed by atoms with Crippen LogP contribution in [-0.4, -0.2) is 13.3 Å². The Balaban J connectivity index is 0.000000254. The fourth-order valence-corrected chi connectivity index (χ4v) is 4.09. The Morgan fingerprint density at radius 3 is 1.57 bits per heavy atom. The van der Waals surface area contributed by atoms with E-state index in [0.717, 1.165) is 0 Å². The molecule has 0 N–H and O–H groups in total. The van der Waals surface area contributed by atoms with E-state index in [2.05, 4.69) is 104 Å². The first kappa shape index (κ1) is 25.1. The summed E-state index contributed by atoms with van der Waals surface area (Å²) in [5, 5.41) is 9.65. The number of hydrogen-bond acceptors (Lipinski definition) is 0. The predicted molar refractivity (Wildman–Crippen MR) is 115 cm³/mol. The molecule has 5 rings (SSSR count). The van der Waals surface area contributed by atoms with E-state index < -0.39 is 0 Å². The van der Waals surface area contributed by atoms with E-state index in [9.17, 15) is 0 Å². The summed E-state index contributed by atoms with van der Waals surface area (Å²) in [4.78, 5) is 0. The second-order valence-electron chi connectivity index (χ2n) is 6.56. The molecule has 140 valence electrons. The molecule has 0 aliphatic rings. The molecule has 0 bridgehead atoms. The van der Waals surface area contributed by atoms with Crippen molar-refractivity contribution in [3.8, 4) is 0 Å². The molecule has 0 radical (unpaired) electrons. The molecule has 0 unspecified atom stereocenters. The molecular weight excluding hydrogens is 569 g/mol. The van der Waals surface area contributed by atoms with Crippen molar-refractivity contribution in [1.29, 1.82) is 0 Å². The van der Waals surface area contributed by atoms with Gasteiger partial charge in [-0.15, -0.1) is 88.0 Å². The van der Waals surface area contributed by atoms with Crippen LogP contribution in [0.2, 0.25) is 0 Å². The van der Waals surface area contributed by atoms with Crippen molar-refractivity contribution in [2.75, 3.05) is 13.3 Å². The molecule has 0 saturated heterocycles. The Bertz CT molecular complexity index is 1060. The van der Waals surface area contributed by atoms with Gasteiger partial charge in [-0.1, -0.05) is 42.5 Å². The van der Waals surface area contributed by atoms with Crippen LogP contribution >= 0.6 is 7.92 Å². The summed E-state index contributed by atoms with van der Waals surface area (Å²) in [5.41, 5.74) is 0. The Morgan fingerprint density at radius 1 is 0.607 bits per heavy atom. The van der Waals surface area contributed by atoms with Crippen LogP contribution in [0.25, 0.3) is 32.3 Å². The Labute approximate surface area is 199 Å². The van der Waals surface area contributed by atoms with Crippen molar-refractivity contribution >= 4 is 45.5 Å². The molecule has 0 spiro atoms. The number of rotatable bonds is 1. The van der Waals surface area contributed by atoms with Gasteiger partial charge in [0.25, 0.3) is 0 Å². The van der Waals surface area contributed by atoms with E-state index in [1.807, 2.05) is 0 Å². The van der Waals surface area contributed by atoms with Crippen molar-refractivity contribution in [2.45, 2.75) is 0 Å². The smallest absolute Gasteiger partial charge is 1.00 e. The normalized spacial score (nSPS) is 9.96. The number of hydrogen-bond donors (Lipinski definition) is 0. The number of benzene rings is 3. The average Bonchev–Trinajstić information content (AvgIpc) is 3.24. The van der Waals surface area contributed by atoms with Crippen molar-refractivity contribution in [1.82, 2.24) is 0 Å². The first-order valence-electron chi connectivity index (χ1n) is 8.58. The largest absolute Gasteiger partial charge is 4.00 e. The molecule has 0 atom stereocenters. The Morgan fingerprint density at radius 2 is 1.07 bits per heavy atom.